The molecule has 0 saturated carbocycles. The van der Waals surface area contributed by atoms with Gasteiger partial charge in [-0.15, -0.1) is 24.0 Å². The molecule has 1 saturated heterocycles. The van der Waals surface area contributed by atoms with Crippen molar-refractivity contribution < 1.29 is 0 Å². The van der Waals surface area contributed by atoms with E-state index in [-0.39, 0.29) is 24.0 Å². The van der Waals surface area contributed by atoms with Crippen molar-refractivity contribution in [1.82, 2.24) is 10.6 Å². The number of aliphatic imine (C=N–C) groups is 1. The van der Waals surface area contributed by atoms with Crippen molar-refractivity contribution in [3.8, 4) is 0 Å². The average molecular weight is 385 g/mol. The maximum Gasteiger partial charge on any atom is 0.191 e. The van der Waals surface area contributed by atoms with Gasteiger partial charge in [0.05, 0.1) is 0 Å². The lowest BCUT2D eigenvalue weighted by molar-refractivity contribution is 0.481. The third-order valence-corrected chi connectivity index (χ3v) is 4.86. The number of guanidine groups is 1. The van der Waals surface area contributed by atoms with E-state index < -0.39 is 0 Å². The molecule has 2 N–H and O–H groups in total. The van der Waals surface area contributed by atoms with Gasteiger partial charge in [-0.2, -0.15) is 11.8 Å². The van der Waals surface area contributed by atoms with Gasteiger partial charge in [-0.1, -0.05) is 26.7 Å². The predicted molar refractivity (Wildman–Crippen MR) is 94.3 cm³/mol. The molecule has 0 aromatic rings. The van der Waals surface area contributed by atoms with E-state index in [1.807, 2.05) is 7.05 Å². The Morgan fingerprint density at radius 1 is 1.33 bits per heavy atom. The van der Waals surface area contributed by atoms with Gasteiger partial charge in [0, 0.05) is 25.4 Å². The number of halogens is 1. The lowest BCUT2D eigenvalue weighted by Gasteiger charge is -2.18. The van der Waals surface area contributed by atoms with Crippen molar-refractivity contribution in [2.45, 2.75) is 44.8 Å². The van der Waals surface area contributed by atoms with E-state index in [9.17, 15) is 0 Å². The Bertz CT molecular complexity index is 218. The SMILES string of the molecule is CCC(CC)CNC(=NC)NCC1CCCS1.I. The van der Waals surface area contributed by atoms with Crippen LogP contribution in [-0.4, -0.2) is 37.1 Å². The molecule has 1 aliphatic heterocycles. The van der Waals surface area contributed by atoms with Crippen LogP contribution >= 0.6 is 35.7 Å². The average Bonchev–Trinajstić information content (AvgIpc) is 2.87. The molecular weight excluding hydrogens is 357 g/mol. The fraction of sp³-hybridized carbons (Fsp3) is 0.923. The molecule has 0 aromatic carbocycles. The Morgan fingerprint density at radius 2 is 2.06 bits per heavy atom. The van der Waals surface area contributed by atoms with Crippen molar-refractivity contribution in [3.05, 3.63) is 0 Å². The summed E-state index contributed by atoms with van der Waals surface area (Å²) in [7, 11) is 1.85. The van der Waals surface area contributed by atoms with Gasteiger partial charge in [-0.05, 0) is 24.5 Å². The molecule has 1 rings (SSSR count). The molecule has 0 bridgehead atoms. The highest BCUT2D eigenvalue weighted by molar-refractivity contribution is 14.0. The highest BCUT2D eigenvalue weighted by Gasteiger charge is 2.15. The minimum atomic E-state index is 0. The summed E-state index contributed by atoms with van der Waals surface area (Å²) in [5.41, 5.74) is 0. The summed E-state index contributed by atoms with van der Waals surface area (Å²) in [6.07, 6.45) is 5.19. The number of thioether (sulfide) groups is 1. The Morgan fingerprint density at radius 3 is 2.56 bits per heavy atom. The first-order chi connectivity index (χ1) is 8.30. The topological polar surface area (TPSA) is 36.4 Å². The van der Waals surface area contributed by atoms with Gasteiger partial charge >= 0.3 is 0 Å². The van der Waals surface area contributed by atoms with E-state index in [1.54, 1.807) is 0 Å². The van der Waals surface area contributed by atoms with Crippen LogP contribution in [0.3, 0.4) is 0 Å². The van der Waals surface area contributed by atoms with Crippen LogP contribution in [0.25, 0.3) is 0 Å². The van der Waals surface area contributed by atoms with Gasteiger partial charge in [-0.3, -0.25) is 4.99 Å². The Labute approximate surface area is 133 Å². The molecule has 18 heavy (non-hydrogen) atoms. The molecule has 0 radical (unpaired) electrons. The lowest BCUT2D eigenvalue weighted by atomic mass is 10.0. The predicted octanol–water partition coefficient (Wildman–Crippen LogP) is 3.10. The fourth-order valence-electron chi connectivity index (χ4n) is 2.05. The summed E-state index contributed by atoms with van der Waals surface area (Å²) < 4.78 is 0. The molecule has 0 amide bonds. The fourth-order valence-corrected chi connectivity index (χ4v) is 3.26. The molecule has 5 heteroatoms. The van der Waals surface area contributed by atoms with Crippen molar-refractivity contribution >= 4 is 41.7 Å². The van der Waals surface area contributed by atoms with Gasteiger partial charge < -0.3 is 10.6 Å². The number of hydrogen-bond donors (Lipinski definition) is 2. The standard InChI is InChI=1S/C13H27N3S.HI/c1-4-11(5-2)9-15-13(14-3)16-10-12-7-6-8-17-12;/h11-12H,4-10H2,1-3H3,(H2,14,15,16);1H. The molecular formula is C13H28IN3S. The van der Waals surface area contributed by atoms with Gasteiger partial charge in [0.15, 0.2) is 5.96 Å². The Kier molecular flexibility index (Phi) is 11.4. The van der Waals surface area contributed by atoms with Crippen LogP contribution < -0.4 is 10.6 Å². The van der Waals surface area contributed by atoms with Crippen LogP contribution in [0.5, 0.6) is 0 Å². The van der Waals surface area contributed by atoms with Gasteiger partial charge in [-0.25, -0.2) is 0 Å². The van der Waals surface area contributed by atoms with Crippen molar-refractivity contribution in [2.24, 2.45) is 10.9 Å². The van der Waals surface area contributed by atoms with E-state index in [0.29, 0.717) is 0 Å². The largest absolute Gasteiger partial charge is 0.356 e. The zero-order valence-corrected chi connectivity index (χ0v) is 15.0. The number of rotatable bonds is 6. The van der Waals surface area contributed by atoms with Crippen LogP contribution in [0.1, 0.15) is 39.5 Å². The van der Waals surface area contributed by atoms with Crippen LogP contribution in [0.15, 0.2) is 4.99 Å². The number of nitrogens with one attached hydrogen (secondary N) is 2. The maximum atomic E-state index is 4.27. The van der Waals surface area contributed by atoms with E-state index in [1.165, 1.54) is 31.4 Å². The molecule has 1 fully saturated rings. The van der Waals surface area contributed by atoms with E-state index in [4.69, 9.17) is 0 Å². The molecule has 1 atom stereocenters. The smallest absolute Gasteiger partial charge is 0.191 e. The molecule has 108 valence electrons. The normalized spacial score (nSPS) is 19.8. The van der Waals surface area contributed by atoms with Crippen molar-refractivity contribution in [1.29, 1.82) is 0 Å². The second kappa shape index (κ2) is 11.2. The Balaban J connectivity index is 0.00000289. The third kappa shape index (κ3) is 7.07. The summed E-state index contributed by atoms with van der Waals surface area (Å²) in [4.78, 5) is 4.27. The van der Waals surface area contributed by atoms with Crippen molar-refractivity contribution in [3.63, 3.8) is 0 Å². The van der Waals surface area contributed by atoms with E-state index in [0.717, 1.165) is 30.2 Å². The van der Waals surface area contributed by atoms with Gasteiger partial charge in [0.25, 0.3) is 0 Å². The molecule has 1 heterocycles. The number of nitrogens with zero attached hydrogens (tertiary/aromatic N) is 1. The summed E-state index contributed by atoms with van der Waals surface area (Å²) in [6, 6.07) is 0. The van der Waals surface area contributed by atoms with Crippen LogP contribution in [0.2, 0.25) is 0 Å². The maximum absolute atomic E-state index is 4.27. The molecule has 3 nitrogen and oxygen atoms in total. The minimum Gasteiger partial charge on any atom is -0.356 e. The van der Waals surface area contributed by atoms with E-state index in [2.05, 4.69) is 41.2 Å². The first-order valence-electron chi connectivity index (χ1n) is 6.86. The number of hydrogen-bond acceptors (Lipinski definition) is 2. The van der Waals surface area contributed by atoms with Crippen LogP contribution in [-0.2, 0) is 0 Å². The monoisotopic (exact) mass is 385 g/mol. The molecule has 1 unspecified atom stereocenters. The van der Waals surface area contributed by atoms with Crippen LogP contribution in [0, 0.1) is 5.92 Å². The quantitative estimate of drug-likeness (QED) is 0.419. The van der Waals surface area contributed by atoms with E-state index >= 15 is 0 Å². The Hall–Kier alpha value is 0.350. The molecule has 1 aliphatic rings. The third-order valence-electron chi connectivity index (χ3n) is 3.46. The van der Waals surface area contributed by atoms with Crippen LogP contribution in [0.4, 0.5) is 0 Å². The van der Waals surface area contributed by atoms with Gasteiger partial charge in [0.2, 0.25) is 0 Å². The highest BCUT2D eigenvalue weighted by Crippen LogP contribution is 2.25. The van der Waals surface area contributed by atoms with Gasteiger partial charge in [0.1, 0.15) is 0 Å². The summed E-state index contributed by atoms with van der Waals surface area (Å²) in [5.74, 6) is 3.05. The molecule has 0 spiro atoms. The summed E-state index contributed by atoms with van der Waals surface area (Å²) >= 11 is 2.08. The van der Waals surface area contributed by atoms with Crippen molar-refractivity contribution in [2.75, 3.05) is 25.9 Å². The lowest BCUT2D eigenvalue weighted by Crippen LogP contribution is -2.42. The first-order valence-corrected chi connectivity index (χ1v) is 7.91. The first kappa shape index (κ1) is 18.4. The zero-order valence-electron chi connectivity index (χ0n) is 11.9. The zero-order chi connectivity index (χ0) is 12.5. The molecule has 0 aliphatic carbocycles. The molecule has 0 aromatic heterocycles. The summed E-state index contributed by atoms with van der Waals surface area (Å²) in [5, 5.41) is 7.64. The second-order valence-electron chi connectivity index (χ2n) is 4.65. The minimum absolute atomic E-state index is 0. The summed E-state index contributed by atoms with van der Waals surface area (Å²) in [6.45, 7) is 6.58. The second-order valence-corrected chi connectivity index (χ2v) is 6.06. The highest BCUT2D eigenvalue weighted by atomic mass is 127.